The van der Waals surface area contributed by atoms with E-state index >= 15 is 0 Å². The van der Waals surface area contributed by atoms with E-state index in [-0.39, 0.29) is 5.54 Å². The fourth-order valence-corrected chi connectivity index (χ4v) is 3.71. The highest BCUT2D eigenvalue weighted by molar-refractivity contribution is 7.99. The first-order valence-electron chi connectivity index (χ1n) is 6.44. The molecular formula is C14H19N3S. The largest absolute Gasteiger partial charge is 0.302 e. The molecule has 0 saturated heterocycles. The van der Waals surface area contributed by atoms with Gasteiger partial charge in [-0.3, -0.25) is 4.98 Å². The summed E-state index contributed by atoms with van der Waals surface area (Å²) < 4.78 is 0. The number of nitriles is 1. The van der Waals surface area contributed by atoms with E-state index < -0.39 is 0 Å². The van der Waals surface area contributed by atoms with Gasteiger partial charge in [0.05, 0.1) is 6.07 Å². The minimum atomic E-state index is -0.279. The van der Waals surface area contributed by atoms with Gasteiger partial charge >= 0.3 is 0 Å². The topological polar surface area (TPSA) is 48.7 Å². The molecule has 2 unspecified atom stereocenters. The summed E-state index contributed by atoms with van der Waals surface area (Å²) in [5.41, 5.74) is -0.279. The molecule has 1 heterocycles. The fraction of sp³-hybridized carbons (Fsp3) is 0.571. The van der Waals surface area contributed by atoms with Crippen LogP contribution >= 0.6 is 11.8 Å². The number of rotatable bonds is 5. The Hall–Kier alpha value is -1.05. The molecule has 1 saturated carbocycles. The maximum atomic E-state index is 9.38. The van der Waals surface area contributed by atoms with Crippen molar-refractivity contribution in [2.45, 2.75) is 36.1 Å². The number of hydrogen-bond acceptors (Lipinski definition) is 4. The molecule has 0 aromatic carbocycles. The van der Waals surface area contributed by atoms with Gasteiger partial charge in [-0.1, -0.05) is 6.42 Å². The first-order chi connectivity index (χ1) is 8.80. The Bertz CT molecular complexity index is 415. The van der Waals surface area contributed by atoms with Crippen molar-refractivity contribution in [2.24, 2.45) is 5.92 Å². The molecule has 2 atom stereocenters. The Morgan fingerprint density at radius 3 is 3.00 bits per heavy atom. The Labute approximate surface area is 113 Å². The molecule has 96 valence electrons. The highest BCUT2D eigenvalue weighted by atomic mass is 32.2. The maximum Gasteiger partial charge on any atom is 0.109 e. The Kier molecular flexibility index (Phi) is 4.62. The normalized spacial score (nSPS) is 27.0. The van der Waals surface area contributed by atoms with E-state index in [1.807, 2.05) is 43.3 Å². The first kappa shape index (κ1) is 13.4. The molecule has 2 rings (SSSR count). The van der Waals surface area contributed by atoms with Gasteiger partial charge in [0.15, 0.2) is 0 Å². The lowest BCUT2D eigenvalue weighted by molar-refractivity contribution is 0.332. The molecule has 0 amide bonds. The first-order valence-corrected chi connectivity index (χ1v) is 7.42. The summed E-state index contributed by atoms with van der Waals surface area (Å²) in [5, 5.41) is 12.6. The maximum absolute atomic E-state index is 9.38. The molecule has 1 aliphatic rings. The SMILES string of the molecule is CNC1(C#N)CCCC1CCSc1ccncc1. The molecule has 0 radical (unpaired) electrons. The number of hydrogen-bond donors (Lipinski definition) is 1. The van der Waals surface area contributed by atoms with Crippen LogP contribution in [0.2, 0.25) is 0 Å². The minimum Gasteiger partial charge on any atom is -0.302 e. The fourth-order valence-electron chi connectivity index (χ4n) is 2.75. The van der Waals surface area contributed by atoms with E-state index in [2.05, 4.69) is 16.4 Å². The summed E-state index contributed by atoms with van der Waals surface area (Å²) in [7, 11) is 1.91. The monoisotopic (exact) mass is 261 g/mol. The van der Waals surface area contributed by atoms with Crippen LogP contribution in [0.15, 0.2) is 29.4 Å². The number of aromatic nitrogens is 1. The van der Waals surface area contributed by atoms with E-state index in [4.69, 9.17) is 0 Å². The van der Waals surface area contributed by atoms with Gasteiger partial charge < -0.3 is 5.32 Å². The van der Waals surface area contributed by atoms with Crippen molar-refractivity contribution in [3.8, 4) is 6.07 Å². The molecule has 0 spiro atoms. The van der Waals surface area contributed by atoms with Gasteiger partial charge in [0, 0.05) is 17.3 Å². The molecule has 1 aromatic heterocycles. The molecule has 0 aliphatic heterocycles. The van der Waals surface area contributed by atoms with Crippen LogP contribution in [-0.4, -0.2) is 23.3 Å². The van der Waals surface area contributed by atoms with Crippen molar-refractivity contribution in [3.05, 3.63) is 24.5 Å². The smallest absolute Gasteiger partial charge is 0.109 e. The lowest BCUT2D eigenvalue weighted by atomic mass is 9.87. The molecule has 1 fully saturated rings. The van der Waals surface area contributed by atoms with E-state index in [9.17, 15) is 5.26 Å². The molecule has 18 heavy (non-hydrogen) atoms. The van der Waals surface area contributed by atoms with E-state index in [0.717, 1.165) is 18.6 Å². The number of pyridine rings is 1. The van der Waals surface area contributed by atoms with Crippen LogP contribution in [0.4, 0.5) is 0 Å². The van der Waals surface area contributed by atoms with Gasteiger partial charge in [0.25, 0.3) is 0 Å². The number of nitrogens with one attached hydrogen (secondary N) is 1. The standard InChI is InChI=1S/C14H19N3S/c1-16-14(11-15)7-2-3-12(14)6-10-18-13-4-8-17-9-5-13/h4-5,8-9,12,16H,2-3,6-7,10H2,1H3. The molecule has 1 aromatic rings. The Morgan fingerprint density at radius 1 is 1.56 bits per heavy atom. The third-order valence-corrected chi connectivity index (χ3v) is 4.90. The number of nitrogens with zero attached hydrogens (tertiary/aromatic N) is 2. The van der Waals surface area contributed by atoms with Crippen LogP contribution in [0.1, 0.15) is 25.7 Å². The average molecular weight is 261 g/mol. The van der Waals surface area contributed by atoms with Crippen molar-refractivity contribution in [3.63, 3.8) is 0 Å². The van der Waals surface area contributed by atoms with Crippen LogP contribution in [0.5, 0.6) is 0 Å². The molecule has 1 aliphatic carbocycles. The van der Waals surface area contributed by atoms with Crippen LogP contribution in [-0.2, 0) is 0 Å². The predicted molar refractivity (Wildman–Crippen MR) is 74.3 cm³/mol. The highest BCUT2D eigenvalue weighted by Crippen LogP contribution is 2.38. The zero-order valence-corrected chi connectivity index (χ0v) is 11.5. The lowest BCUT2D eigenvalue weighted by Crippen LogP contribution is -2.44. The Morgan fingerprint density at radius 2 is 2.33 bits per heavy atom. The zero-order chi connectivity index (χ0) is 12.8. The molecule has 4 heteroatoms. The van der Waals surface area contributed by atoms with E-state index in [1.165, 1.54) is 17.7 Å². The van der Waals surface area contributed by atoms with Crippen molar-refractivity contribution < 1.29 is 0 Å². The third-order valence-electron chi connectivity index (χ3n) is 3.85. The van der Waals surface area contributed by atoms with Gasteiger partial charge in [-0.15, -0.1) is 11.8 Å². The summed E-state index contributed by atoms with van der Waals surface area (Å²) in [6.07, 6.45) is 8.08. The van der Waals surface area contributed by atoms with Gasteiger partial charge in [-0.05, 0) is 50.1 Å². The average Bonchev–Trinajstić information content (AvgIpc) is 2.84. The minimum absolute atomic E-state index is 0.279. The lowest BCUT2D eigenvalue weighted by Gasteiger charge is -2.28. The van der Waals surface area contributed by atoms with Crippen molar-refractivity contribution >= 4 is 11.8 Å². The van der Waals surface area contributed by atoms with E-state index in [0.29, 0.717) is 5.92 Å². The van der Waals surface area contributed by atoms with Crippen LogP contribution in [0, 0.1) is 17.2 Å². The van der Waals surface area contributed by atoms with Gasteiger partial charge in [0.2, 0.25) is 0 Å². The second kappa shape index (κ2) is 6.21. The second-order valence-electron chi connectivity index (χ2n) is 4.74. The highest BCUT2D eigenvalue weighted by Gasteiger charge is 2.41. The van der Waals surface area contributed by atoms with Crippen LogP contribution < -0.4 is 5.32 Å². The van der Waals surface area contributed by atoms with Gasteiger partial charge in [-0.2, -0.15) is 5.26 Å². The summed E-state index contributed by atoms with van der Waals surface area (Å²) in [5.74, 6) is 1.56. The van der Waals surface area contributed by atoms with Crippen molar-refractivity contribution in [1.29, 1.82) is 5.26 Å². The van der Waals surface area contributed by atoms with Gasteiger partial charge in [-0.25, -0.2) is 0 Å². The van der Waals surface area contributed by atoms with Gasteiger partial charge in [0.1, 0.15) is 5.54 Å². The molecule has 3 nitrogen and oxygen atoms in total. The van der Waals surface area contributed by atoms with Crippen molar-refractivity contribution in [1.82, 2.24) is 10.3 Å². The zero-order valence-electron chi connectivity index (χ0n) is 10.7. The summed E-state index contributed by atoms with van der Waals surface area (Å²) >= 11 is 1.85. The third kappa shape index (κ3) is 2.85. The summed E-state index contributed by atoms with van der Waals surface area (Å²) in [4.78, 5) is 5.27. The quantitative estimate of drug-likeness (QED) is 0.828. The number of thioether (sulfide) groups is 1. The second-order valence-corrected chi connectivity index (χ2v) is 5.91. The van der Waals surface area contributed by atoms with Crippen LogP contribution in [0.25, 0.3) is 0 Å². The summed E-state index contributed by atoms with van der Waals surface area (Å²) in [6.45, 7) is 0. The predicted octanol–water partition coefficient (Wildman–Crippen LogP) is 2.85. The molecular weight excluding hydrogens is 242 g/mol. The Balaban J connectivity index is 1.85. The molecule has 0 bridgehead atoms. The molecule has 1 N–H and O–H groups in total. The van der Waals surface area contributed by atoms with Crippen molar-refractivity contribution in [2.75, 3.05) is 12.8 Å². The summed E-state index contributed by atoms with van der Waals surface area (Å²) in [6, 6.07) is 6.57. The van der Waals surface area contributed by atoms with E-state index in [1.54, 1.807) is 0 Å². The van der Waals surface area contributed by atoms with Crippen LogP contribution in [0.3, 0.4) is 0 Å².